The van der Waals surface area contributed by atoms with Gasteiger partial charge in [-0.3, -0.25) is 5.10 Å². The number of aromatic amines is 1. The van der Waals surface area contributed by atoms with Crippen molar-refractivity contribution in [1.82, 2.24) is 20.2 Å². The summed E-state index contributed by atoms with van der Waals surface area (Å²) in [7, 11) is 0. The van der Waals surface area contributed by atoms with E-state index < -0.39 is 11.7 Å². The summed E-state index contributed by atoms with van der Waals surface area (Å²) in [6.45, 7) is 4.39. The van der Waals surface area contributed by atoms with Crippen molar-refractivity contribution < 1.29 is 17.9 Å². The first-order valence-electron chi connectivity index (χ1n) is 7.92. The molecule has 3 aromatic heterocycles. The molecule has 9 heteroatoms. The predicted molar refractivity (Wildman–Crippen MR) is 90.5 cm³/mol. The summed E-state index contributed by atoms with van der Waals surface area (Å²) in [5.41, 5.74) is 4.59. The molecule has 0 fully saturated rings. The van der Waals surface area contributed by atoms with E-state index in [4.69, 9.17) is 10.5 Å². The Kier molecular flexibility index (Phi) is 4.57. The third-order valence-electron chi connectivity index (χ3n) is 3.90. The van der Waals surface area contributed by atoms with E-state index in [1.807, 2.05) is 13.8 Å². The van der Waals surface area contributed by atoms with Gasteiger partial charge in [-0.2, -0.15) is 18.3 Å². The van der Waals surface area contributed by atoms with Crippen LogP contribution >= 0.6 is 0 Å². The SMILES string of the molecule is CC(C)(CN)COc1ccc(C(F)(F)F)c(-c2n[nH]c3ncccc23)n1. The highest BCUT2D eigenvalue weighted by Crippen LogP contribution is 2.38. The Labute approximate surface area is 147 Å². The summed E-state index contributed by atoms with van der Waals surface area (Å²) >= 11 is 0. The number of fused-ring (bicyclic) bond motifs is 1. The van der Waals surface area contributed by atoms with Gasteiger partial charge in [-0.15, -0.1) is 0 Å². The van der Waals surface area contributed by atoms with Gasteiger partial charge >= 0.3 is 6.18 Å². The van der Waals surface area contributed by atoms with Crippen LogP contribution in [0.15, 0.2) is 30.5 Å². The lowest BCUT2D eigenvalue weighted by Crippen LogP contribution is -2.30. The molecule has 0 aromatic carbocycles. The molecule has 6 nitrogen and oxygen atoms in total. The minimum Gasteiger partial charge on any atom is -0.477 e. The van der Waals surface area contributed by atoms with Gasteiger partial charge in [0.1, 0.15) is 11.4 Å². The number of alkyl halides is 3. The highest BCUT2D eigenvalue weighted by Gasteiger charge is 2.36. The molecule has 0 radical (unpaired) electrons. The zero-order valence-corrected chi connectivity index (χ0v) is 14.3. The maximum absolute atomic E-state index is 13.5. The van der Waals surface area contributed by atoms with Gasteiger partial charge in [0.05, 0.1) is 12.2 Å². The molecule has 0 atom stereocenters. The Morgan fingerprint density at radius 2 is 1.92 bits per heavy atom. The van der Waals surface area contributed by atoms with Gasteiger partial charge in [0.15, 0.2) is 5.65 Å². The topological polar surface area (TPSA) is 89.7 Å². The number of pyridine rings is 2. The van der Waals surface area contributed by atoms with E-state index in [0.717, 1.165) is 6.07 Å². The fourth-order valence-corrected chi connectivity index (χ4v) is 2.29. The number of halogens is 3. The third kappa shape index (κ3) is 3.62. The summed E-state index contributed by atoms with van der Waals surface area (Å²) in [5, 5.41) is 7.05. The van der Waals surface area contributed by atoms with Crippen LogP contribution in [0.3, 0.4) is 0 Å². The Morgan fingerprint density at radius 1 is 1.15 bits per heavy atom. The maximum Gasteiger partial charge on any atom is 0.418 e. The smallest absolute Gasteiger partial charge is 0.418 e. The highest BCUT2D eigenvalue weighted by atomic mass is 19.4. The maximum atomic E-state index is 13.5. The van der Waals surface area contributed by atoms with Crippen molar-refractivity contribution >= 4 is 11.0 Å². The fourth-order valence-electron chi connectivity index (χ4n) is 2.29. The summed E-state index contributed by atoms with van der Waals surface area (Å²) < 4.78 is 45.9. The number of rotatable bonds is 5. The minimum absolute atomic E-state index is 0.0731. The van der Waals surface area contributed by atoms with Gasteiger partial charge < -0.3 is 10.5 Å². The first-order chi connectivity index (χ1) is 12.2. The average Bonchev–Trinajstić information content (AvgIpc) is 3.03. The van der Waals surface area contributed by atoms with Crippen LogP contribution in [0.5, 0.6) is 5.88 Å². The molecule has 3 heterocycles. The quantitative estimate of drug-likeness (QED) is 0.723. The second-order valence-electron chi connectivity index (χ2n) is 6.67. The van der Waals surface area contributed by atoms with E-state index in [-0.39, 0.29) is 29.3 Å². The monoisotopic (exact) mass is 365 g/mol. The second kappa shape index (κ2) is 6.56. The largest absolute Gasteiger partial charge is 0.477 e. The first-order valence-corrected chi connectivity index (χ1v) is 7.92. The van der Waals surface area contributed by atoms with Crippen molar-refractivity contribution in [2.24, 2.45) is 11.1 Å². The number of nitrogens with zero attached hydrogens (tertiary/aromatic N) is 3. The number of nitrogens with two attached hydrogens (primary N) is 1. The number of nitrogens with one attached hydrogen (secondary N) is 1. The molecule has 138 valence electrons. The average molecular weight is 365 g/mol. The van der Waals surface area contributed by atoms with Gasteiger partial charge in [0.2, 0.25) is 5.88 Å². The minimum atomic E-state index is -4.58. The van der Waals surface area contributed by atoms with Gasteiger partial charge in [0.25, 0.3) is 0 Å². The molecule has 0 aliphatic carbocycles. The molecular weight excluding hydrogens is 347 g/mol. The molecule has 3 rings (SSSR count). The van der Waals surface area contributed by atoms with Crippen LogP contribution in [0.2, 0.25) is 0 Å². The van der Waals surface area contributed by atoms with Gasteiger partial charge in [-0.1, -0.05) is 13.8 Å². The van der Waals surface area contributed by atoms with Gasteiger partial charge in [-0.25, -0.2) is 9.97 Å². The lowest BCUT2D eigenvalue weighted by atomic mass is 9.95. The number of ether oxygens (including phenoxy) is 1. The molecule has 0 bridgehead atoms. The van der Waals surface area contributed by atoms with E-state index in [0.29, 0.717) is 17.6 Å². The molecule has 26 heavy (non-hydrogen) atoms. The zero-order chi connectivity index (χ0) is 18.9. The van der Waals surface area contributed by atoms with Crippen molar-refractivity contribution in [3.8, 4) is 17.3 Å². The third-order valence-corrected chi connectivity index (χ3v) is 3.90. The number of aromatic nitrogens is 4. The van der Waals surface area contributed by atoms with Crippen LogP contribution in [0.25, 0.3) is 22.4 Å². The summed E-state index contributed by atoms with van der Waals surface area (Å²) in [4.78, 5) is 8.12. The Hall–Kier alpha value is -2.68. The Balaban J connectivity index is 2.07. The summed E-state index contributed by atoms with van der Waals surface area (Å²) in [6.07, 6.45) is -3.05. The second-order valence-corrected chi connectivity index (χ2v) is 6.67. The molecule has 0 spiro atoms. The van der Waals surface area contributed by atoms with Gasteiger partial charge in [0, 0.05) is 29.6 Å². The molecule has 0 amide bonds. The van der Waals surface area contributed by atoms with Gasteiger partial charge in [-0.05, 0) is 18.2 Å². The molecule has 3 N–H and O–H groups in total. The predicted octanol–water partition coefficient (Wildman–Crippen LogP) is 3.40. The molecule has 3 aromatic rings. The Bertz CT molecular complexity index is 920. The lowest BCUT2D eigenvalue weighted by molar-refractivity contribution is -0.137. The molecule has 0 saturated heterocycles. The van der Waals surface area contributed by atoms with Crippen molar-refractivity contribution in [3.05, 3.63) is 36.0 Å². The summed E-state index contributed by atoms with van der Waals surface area (Å²) in [6, 6.07) is 5.41. The van der Waals surface area contributed by atoms with E-state index in [2.05, 4.69) is 20.2 Å². The van der Waals surface area contributed by atoms with Crippen LogP contribution in [0.1, 0.15) is 19.4 Å². The van der Waals surface area contributed by atoms with E-state index in [1.165, 1.54) is 12.3 Å². The van der Waals surface area contributed by atoms with Crippen LogP contribution < -0.4 is 10.5 Å². The van der Waals surface area contributed by atoms with Crippen LogP contribution in [-0.2, 0) is 6.18 Å². The number of H-pyrrole nitrogens is 1. The Morgan fingerprint density at radius 3 is 2.62 bits per heavy atom. The first kappa shape index (κ1) is 18.1. The normalized spacial score (nSPS) is 12.5. The highest BCUT2D eigenvalue weighted by molar-refractivity contribution is 5.90. The molecule has 0 aliphatic rings. The van der Waals surface area contributed by atoms with Crippen LogP contribution in [0.4, 0.5) is 13.2 Å². The number of hydrogen-bond donors (Lipinski definition) is 2. The molecule has 0 unspecified atom stereocenters. The van der Waals surface area contributed by atoms with Crippen molar-refractivity contribution in [1.29, 1.82) is 0 Å². The van der Waals surface area contributed by atoms with Crippen LogP contribution in [0, 0.1) is 5.41 Å². The fraction of sp³-hybridized carbons (Fsp3) is 0.353. The van der Waals surface area contributed by atoms with Crippen molar-refractivity contribution in [2.45, 2.75) is 20.0 Å². The molecule has 0 aliphatic heterocycles. The standard InChI is InChI=1S/C17H18F3N5O/c1-16(2,8-21)9-26-12-6-5-11(17(18,19)20)14(23-12)13-10-4-3-7-22-15(10)25-24-13/h3-7H,8-9,21H2,1-2H3,(H,22,24,25). The molecular formula is C17H18F3N5O. The van der Waals surface area contributed by atoms with E-state index in [9.17, 15) is 13.2 Å². The van der Waals surface area contributed by atoms with Crippen LogP contribution in [-0.4, -0.2) is 33.3 Å². The molecule has 0 saturated carbocycles. The number of hydrogen-bond acceptors (Lipinski definition) is 5. The van der Waals surface area contributed by atoms with E-state index in [1.54, 1.807) is 12.1 Å². The lowest BCUT2D eigenvalue weighted by Gasteiger charge is -2.22. The van der Waals surface area contributed by atoms with Crippen molar-refractivity contribution in [2.75, 3.05) is 13.2 Å². The van der Waals surface area contributed by atoms with E-state index >= 15 is 0 Å². The zero-order valence-electron chi connectivity index (χ0n) is 14.3. The summed E-state index contributed by atoms with van der Waals surface area (Å²) in [5.74, 6) is 0.0783. The van der Waals surface area contributed by atoms with Crippen molar-refractivity contribution in [3.63, 3.8) is 0 Å².